The molecule has 0 unspecified atom stereocenters. The molecule has 0 bridgehead atoms. The lowest BCUT2D eigenvalue weighted by Gasteiger charge is -2.16. The Balaban J connectivity index is 0. The fourth-order valence-electron chi connectivity index (χ4n) is 1.50. The number of hydrogen-bond donors (Lipinski definition) is 1. The van der Waals surface area contributed by atoms with Crippen LogP contribution in [0.2, 0.25) is 0 Å². The van der Waals surface area contributed by atoms with Crippen LogP contribution in [0.4, 0.5) is 5.82 Å². The number of amidine groups is 1. The summed E-state index contributed by atoms with van der Waals surface area (Å²) in [6.07, 6.45) is 0.964. The lowest BCUT2D eigenvalue weighted by molar-refractivity contribution is 0.823. The Labute approximate surface area is 111 Å². The van der Waals surface area contributed by atoms with Crippen molar-refractivity contribution in [3.8, 4) is 0 Å². The van der Waals surface area contributed by atoms with Crippen molar-refractivity contribution in [2.75, 3.05) is 18.6 Å². The molecule has 0 aliphatic carbocycles. The van der Waals surface area contributed by atoms with Crippen LogP contribution in [0.5, 0.6) is 0 Å². The van der Waals surface area contributed by atoms with E-state index in [9.17, 15) is 0 Å². The predicted molar refractivity (Wildman–Crippen MR) is 75.0 cm³/mol. The van der Waals surface area contributed by atoms with E-state index >= 15 is 0 Å². The Hall–Kier alpha value is -1.18. The second kappa shape index (κ2) is 7.99. The Kier molecular flexibility index (Phi) is 8.55. The number of aliphatic imine (C=N–C) groups is 1. The number of anilines is 1. The SMILES string of the molecule is Br.CN=C1CCN(c2cccc(C)n2)N1.O.O. The van der Waals surface area contributed by atoms with Crippen LogP contribution in [-0.4, -0.2) is 35.4 Å². The predicted octanol–water partition coefficient (Wildman–Crippen LogP) is 0.0615. The number of aromatic nitrogens is 1. The first-order valence-electron chi connectivity index (χ1n) is 4.73. The van der Waals surface area contributed by atoms with Gasteiger partial charge in [-0.15, -0.1) is 17.0 Å². The third-order valence-electron chi connectivity index (χ3n) is 2.26. The van der Waals surface area contributed by atoms with Gasteiger partial charge in [-0.3, -0.25) is 15.4 Å². The van der Waals surface area contributed by atoms with Gasteiger partial charge < -0.3 is 11.0 Å². The highest BCUT2D eigenvalue weighted by Crippen LogP contribution is 2.12. The number of halogens is 1. The molecule has 1 aromatic rings. The van der Waals surface area contributed by atoms with Gasteiger partial charge in [0.15, 0.2) is 0 Å². The number of pyridine rings is 1. The van der Waals surface area contributed by atoms with Gasteiger partial charge >= 0.3 is 0 Å². The van der Waals surface area contributed by atoms with Crippen LogP contribution >= 0.6 is 17.0 Å². The molecule has 98 valence electrons. The zero-order valence-electron chi connectivity index (χ0n) is 9.90. The van der Waals surface area contributed by atoms with Crippen molar-refractivity contribution < 1.29 is 11.0 Å². The number of nitrogens with zero attached hydrogens (tertiary/aromatic N) is 3. The molecule has 0 saturated carbocycles. The van der Waals surface area contributed by atoms with Gasteiger partial charge in [0, 0.05) is 25.7 Å². The quantitative estimate of drug-likeness (QED) is 0.793. The lowest BCUT2D eigenvalue weighted by Crippen LogP contribution is -2.33. The summed E-state index contributed by atoms with van der Waals surface area (Å²) in [6.45, 7) is 2.93. The van der Waals surface area contributed by atoms with Gasteiger partial charge in [0.25, 0.3) is 0 Å². The average Bonchev–Trinajstić information content (AvgIpc) is 2.66. The topological polar surface area (TPSA) is 104 Å². The molecule has 2 rings (SSSR count). The molecule has 6 nitrogen and oxygen atoms in total. The van der Waals surface area contributed by atoms with E-state index in [1.807, 2.05) is 30.1 Å². The summed E-state index contributed by atoms with van der Waals surface area (Å²) in [5.74, 6) is 1.98. The van der Waals surface area contributed by atoms with E-state index in [4.69, 9.17) is 0 Å². The number of rotatable bonds is 1. The highest BCUT2D eigenvalue weighted by molar-refractivity contribution is 8.93. The summed E-state index contributed by atoms with van der Waals surface area (Å²) in [6, 6.07) is 6.01. The van der Waals surface area contributed by atoms with Crippen LogP contribution < -0.4 is 10.4 Å². The third kappa shape index (κ3) is 4.29. The van der Waals surface area contributed by atoms with E-state index < -0.39 is 0 Å². The Morgan fingerprint density at radius 3 is 2.59 bits per heavy atom. The van der Waals surface area contributed by atoms with E-state index in [1.54, 1.807) is 7.05 Å². The molecule has 5 N–H and O–H groups in total. The molecule has 0 amide bonds. The van der Waals surface area contributed by atoms with Crippen molar-refractivity contribution in [2.24, 2.45) is 4.99 Å². The minimum absolute atomic E-state index is 0. The van der Waals surface area contributed by atoms with E-state index in [1.165, 1.54) is 0 Å². The molecule has 1 fully saturated rings. The van der Waals surface area contributed by atoms with Gasteiger partial charge in [-0.2, -0.15) is 0 Å². The molecule has 1 saturated heterocycles. The standard InChI is InChI=1S/C10H14N4.BrH.2H2O/c1-8-4-3-5-10(12-8)14-7-6-9(11-2)13-14;;;/h3-5H,6-7H2,1-2H3,(H,11,13);1H;2*1H2. The van der Waals surface area contributed by atoms with Crippen LogP contribution in [0, 0.1) is 6.92 Å². The maximum Gasteiger partial charge on any atom is 0.147 e. The molecular weight excluding hydrogens is 288 g/mol. The van der Waals surface area contributed by atoms with Crippen molar-refractivity contribution in [3.63, 3.8) is 0 Å². The number of hydrazine groups is 1. The highest BCUT2D eigenvalue weighted by atomic mass is 79.9. The maximum absolute atomic E-state index is 4.43. The van der Waals surface area contributed by atoms with Crippen molar-refractivity contribution in [2.45, 2.75) is 13.3 Å². The number of hydrogen-bond acceptors (Lipinski definition) is 3. The molecule has 1 aromatic heterocycles. The van der Waals surface area contributed by atoms with Gasteiger partial charge in [0.05, 0.1) is 0 Å². The highest BCUT2D eigenvalue weighted by Gasteiger charge is 2.17. The van der Waals surface area contributed by atoms with Crippen molar-refractivity contribution in [3.05, 3.63) is 23.9 Å². The first-order chi connectivity index (χ1) is 6.79. The molecule has 17 heavy (non-hydrogen) atoms. The van der Waals surface area contributed by atoms with Crippen LogP contribution in [0.3, 0.4) is 0 Å². The third-order valence-corrected chi connectivity index (χ3v) is 2.26. The molecule has 2 heterocycles. The molecule has 7 heteroatoms. The Morgan fingerprint density at radius 1 is 1.35 bits per heavy atom. The molecule has 1 aliphatic heterocycles. The second-order valence-corrected chi connectivity index (χ2v) is 3.32. The van der Waals surface area contributed by atoms with Gasteiger partial charge in [-0.25, -0.2) is 4.98 Å². The van der Waals surface area contributed by atoms with Crippen LogP contribution in [0.15, 0.2) is 23.2 Å². The molecular formula is C10H19BrN4O2. The molecule has 0 aromatic carbocycles. The average molecular weight is 307 g/mol. The summed E-state index contributed by atoms with van der Waals surface area (Å²) in [5.41, 5.74) is 4.24. The normalized spacial score (nSPS) is 15.4. The number of nitrogens with one attached hydrogen (secondary N) is 1. The van der Waals surface area contributed by atoms with Gasteiger partial charge in [0.1, 0.15) is 11.7 Å². The molecule has 1 aliphatic rings. The summed E-state index contributed by atoms with van der Waals surface area (Å²) >= 11 is 0. The smallest absolute Gasteiger partial charge is 0.147 e. The van der Waals surface area contributed by atoms with Gasteiger partial charge in [0.2, 0.25) is 0 Å². The van der Waals surface area contributed by atoms with Crippen molar-refractivity contribution >= 4 is 28.6 Å². The van der Waals surface area contributed by atoms with Crippen molar-refractivity contribution in [1.29, 1.82) is 0 Å². The molecule has 0 atom stereocenters. The summed E-state index contributed by atoms with van der Waals surface area (Å²) in [5, 5.41) is 2.02. The van der Waals surface area contributed by atoms with Crippen LogP contribution in [0.1, 0.15) is 12.1 Å². The fourth-order valence-corrected chi connectivity index (χ4v) is 1.50. The fraction of sp³-hybridized carbons (Fsp3) is 0.400. The van der Waals surface area contributed by atoms with Gasteiger partial charge in [-0.1, -0.05) is 6.07 Å². The summed E-state index contributed by atoms with van der Waals surface area (Å²) in [7, 11) is 1.80. The van der Waals surface area contributed by atoms with Gasteiger partial charge in [-0.05, 0) is 19.1 Å². The zero-order chi connectivity index (χ0) is 9.97. The van der Waals surface area contributed by atoms with E-state index in [0.717, 1.165) is 30.3 Å². The summed E-state index contributed by atoms with van der Waals surface area (Å²) < 4.78 is 0. The molecule has 0 radical (unpaired) electrons. The van der Waals surface area contributed by atoms with E-state index in [0.29, 0.717) is 0 Å². The van der Waals surface area contributed by atoms with Crippen molar-refractivity contribution in [1.82, 2.24) is 10.4 Å². The monoisotopic (exact) mass is 306 g/mol. The minimum Gasteiger partial charge on any atom is -0.412 e. The minimum atomic E-state index is 0. The second-order valence-electron chi connectivity index (χ2n) is 3.32. The summed E-state index contributed by atoms with van der Waals surface area (Å²) in [4.78, 5) is 8.55. The maximum atomic E-state index is 4.43. The van der Waals surface area contributed by atoms with Crippen LogP contribution in [-0.2, 0) is 0 Å². The largest absolute Gasteiger partial charge is 0.412 e. The molecule has 0 spiro atoms. The lowest BCUT2D eigenvalue weighted by atomic mass is 10.3. The Morgan fingerprint density at radius 2 is 2.06 bits per heavy atom. The zero-order valence-corrected chi connectivity index (χ0v) is 11.6. The Bertz CT molecular complexity index is 373. The van der Waals surface area contributed by atoms with Crippen LogP contribution in [0.25, 0.3) is 0 Å². The van der Waals surface area contributed by atoms with E-state index in [2.05, 4.69) is 15.4 Å². The first kappa shape index (κ1) is 18.2. The van der Waals surface area contributed by atoms with E-state index in [-0.39, 0.29) is 27.9 Å². The number of aryl methyl sites for hydroxylation is 1. The first-order valence-corrected chi connectivity index (χ1v) is 4.73.